The van der Waals surface area contributed by atoms with Crippen molar-refractivity contribution >= 4 is 28.4 Å². The molecule has 4 heteroatoms. The molecule has 0 saturated carbocycles. The van der Waals surface area contributed by atoms with Crippen LogP contribution in [0.15, 0.2) is 72.3 Å². The third-order valence-corrected chi connectivity index (χ3v) is 3.75. The van der Waals surface area contributed by atoms with Gasteiger partial charge in [-0.3, -0.25) is 4.79 Å². The summed E-state index contributed by atoms with van der Waals surface area (Å²) in [5.74, 6) is -0.469. The van der Waals surface area contributed by atoms with E-state index in [9.17, 15) is 10.1 Å². The van der Waals surface area contributed by atoms with E-state index in [-0.39, 0.29) is 5.57 Å². The Bertz CT molecular complexity index is 1050. The summed E-state index contributed by atoms with van der Waals surface area (Å²) in [6, 6.07) is 24.0. The molecule has 0 radical (unpaired) electrons. The Balaban J connectivity index is 1.88. The van der Waals surface area contributed by atoms with Gasteiger partial charge in [0.1, 0.15) is 11.6 Å². The minimum absolute atomic E-state index is 0.00218. The summed E-state index contributed by atoms with van der Waals surface area (Å²) in [7, 11) is 0. The van der Waals surface area contributed by atoms with E-state index < -0.39 is 5.91 Å². The second-order valence-corrected chi connectivity index (χ2v) is 5.38. The maximum atomic E-state index is 12.5. The first kappa shape index (κ1) is 16.0. The fraction of sp³-hybridized carbons (Fsp3) is 0. The van der Waals surface area contributed by atoms with Crippen LogP contribution in [-0.2, 0) is 4.79 Å². The number of carbonyl (C=O) groups is 1. The Morgan fingerprint density at radius 2 is 1.64 bits per heavy atom. The van der Waals surface area contributed by atoms with Crippen LogP contribution in [0.25, 0.3) is 16.8 Å². The van der Waals surface area contributed by atoms with E-state index in [1.165, 1.54) is 6.08 Å². The molecule has 0 atom stereocenters. The highest BCUT2D eigenvalue weighted by Gasteiger charge is 2.11. The summed E-state index contributed by atoms with van der Waals surface area (Å²) < 4.78 is 0. The van der Waals surface area contributed by atoms with Gasteiger partial charge in [-0.15, -0.1) is 0 Å². The lowest BCUT2D eigenvalue weighted by atomic mass is 10.1. The van der Waals surface area contributed by atoms with Crippen LogP contribution in [0, 0.1) is 22.7 Å². The van der Waals surface area contributed by atoms with Crippen molar-refractivity contribution in [2.24, 2.45) is 0 Å². The standard InChI is InChI=1S/C21H13N3O/c22-13-16-10-8-15(9-11-16)12-18(14-23)21(25)24-20-7-3-5-17-4-1-2-6-19(17)20/h1-12H,(H,24,25). The number of benzene rings is 3. The van der Waals surface area contributed by atoms with Gasteiger partial charge in [0.05, 0.1) is 11.6 Å². The van der Waals surface area contributed by atoms with Gasteiger partial charge in [0.25, 0.3) is 5.91 Å². The van der Waals surface area contributed by atoms with Crippen LogP contribution >= 0.6 is 0 Å². The summed E-state index contributed by atoms with van der Waals surface area (Å²) >= 11 is 0. The Morgan fingerprint density at radius 3 is 2.36 bits per heavy atom. The third kappa shape index (κ3) is 3.55. The molecule has 25 heavy (non-hydrogen) atoms. The number of fused-ring (bicyclic) bond motifs is 1. The van der Waals surface area contributed by atoms with Crippen molar-refractivity contribution in [1.82, 2.24) is 0 Å². The summed E-state index contributed by atoms with van der Waals surface area (Å²) in [6.45, 7) is 0. The van der Waals surface area contributed by atoms with Crippen LogP contribution in [0.3, 0.4) is 0 Å². The van der Waals surface area contributed by atoms with Gasteiger partial charge in [-0.1, -0.05) is 48.5 Å². The van der Waals surface area contributed by atoms with Crippen molar-refractivity contribution in [1.29, 1.82) is 10.5 Å². The second-order valence-electron chi connectivity index (χ2n) is 5.38. The van der Waals surface area contributed by atoms with Crippen molar-refractivity contribution in [3.63, 3.8) is 0 Å². The molecule has 1 amide bonds. The molecule has 0 aromatic heterocycles. The first-order valence-electron chi connectivity index (χ1n) is 7.62. The smallest absolute Gasteiger partial charge is 0.266 e. The highest BCUT2D eigenvalue weighted by atomic mass is 16.1. The largest absolute Gasteiger partial charge is 0.321 e. The van der Waals surface area contributed by atoms with Gasteiger partial charge in [-0.2, -0.15) is 10.5 Å². The Labute approximate surface area is 145 Å². The number of hydrogen-bond acceptors (Lipinski definition) is 3. The van der Waals surface area contributed by atoms with E-state index >= 15 is 0 Å². The average molecular weight is 323 g/mol. The number of rotatable bonds is 3. The van der Waals surface area contributed by atoms with Crippen molar-refractivity contribution in [2.75, 3.05) is 5.32 Å². The molecule has 3 rings (SSSR count). The van der Waals surface area contributed by atoms with E-state index in [0.717, 1.165) is 10.8 Å². The van der Waals surface area contributed by atoms with Gasteiger partial charge in [-0.05, 0) is 35.2 Å². The average Bonchev–Trinajstić information content (AvgIpc) is 2.66. The van der Waals surface area contributed by atoms with Gasteiger partial charge in [0, 0.05) is 11.1 Å². The fourth-order valence-electron chi connectivity index (χ4n) is 2.49. The number of carbonyl (C=O) groups excluding carboxylic acids is 1. The normalized spacial score (nSPS) is 10.7. The molecule has 0 saturated heterocycles. The van der Waals surface area contributed by atoms with E-state index in [0.29, 0.717) is 16.8 Å². The summed E-state index contributed by atoms with van der Waals surface area (Å²) in [6.07, 6.45) is 1.50. The molecule has 4 nitrogen and oxygen atoms in total. The number of nitriles is 2. The van der Waals surface area contributed by atoms with Gasteiger partial charge in [-0.25, -0.2) is 0 Å². The fourth-order valence-corrected chi connectivity index (χ4v) is 2.49. The zero-order chi connectivity index (χ0) is 17.6. The summed E-state index contributed by atoms with van der Waals surface area (Å²) in [5, 5.41) is 22.8. The Kier molecular flexibility index (Phi) is 4.55. The molecule has 3 aromatic carbocycles. The van der Waals surface area contributed by atoms with Crippen LogP contribution in [0.5, 0.6) is 0 Å². The second kappa shape index (κ2) is 7.12. The highest BCUT2D eigenvalue weighted by molar-refractivity contribution is 6.12. The highest BCUT2D eigenvalue weighted by Crippen LogP contribution is 2.23. The Hall–Kier alpha value is -3.89. The zero-order valence-corrected chi connectivity index (χ0v) is 13.2. The number of nitrogens with one attached hydrogen (secondary N) is 1. The lowest BCUT2D eigenvalue weighted by Gasteiger charge is -2.08. The van der Waals surface area contributed by atoms with Crippen molar-refractivity contribution < 1.29 is 4.79 Å². The molecule has 0 aliphatic carbocycles. The van der Waals surface area contributed by atoms with Crippen LogP contribution < -0.4 is 5.32 Å². The van der Waals surface area contributed by atoms with Crippen LogP contribution in [0.2, 0.25) is 0 Å². The third-order valence-electron chi connectivity index (χ3n) is 3.75. The summed E-state index contributed by atoms with van der Waals surface area (Å²) in [4.78, 5) is 12.5. The van der Waals surface area contributed by atoms with Crippen LogP contribution in [0.1, 0.15) is 11.1 Å². The monoisotopic (exact) mass is 323 g/mol. The minimum atomic E-state index is -0.469. The zero-order valence-electron chi connectivity index (χ0n) is 13.2. The van der Waals surface area contributed by atoms with Gasteiger partial charge in [0.15, 0.2) is 0 Å². The molecule has 0 bridgehead atoms. The summed E-state index contributed by atoms with van der Waals surface area (Å²) in [5.41, 5.74) is 1.86. The number of anilines is 1. The SMILES string of the molecule is N#CC(=Cc1ccc(C#N)cc1)C(=O)Nc1cccc2ccccc12. The number of amides is 1. The molecule has 0 unspecified atom stereocenters. The first-order chi connectivity index (χ1) is 12.2. The van der Waals surface area contributed by atoms with E-state index in [4.69, 9.17) is 5.26 Å². The van der Waals surface area contributed by atoms with Crippen LogP contribution in [-0.4, -0.2) is 5.91 Å². The van der Waals surface area contributed by atoms with Gasteiger partial charge < -0.3 is 5.32 Å². The predicted octanol–water partition coefficient (Wildman–Crippen LogP) is 4.26. The molecule has 1 N–H and O–H groups in total. The maximum Gasteiger partial charge on any atom is 0.266 e. The lowest BCUT2D eigenvalue weighted by molar-refractivity contribution is -0.112. The van der Waals surface area contributed by atoms with Gasteiger partial charge >= 0.3 is 0 Å². The van der Waals surface area contributed by atoms with Gasteiger partial charge in [0.2, 0.25) is 0 Å². The molecule has 0 aliphatic rings. The predicted molar refractivity (Wildman–Crippen MR) is 97.3 cm³/mol. The molecule has 0 fully saturated rings. The number of nitrogens with zero attached hydrogens (tertiary/aromatic N) is 2. The number of hydrogen-bond donors (Lipinski definition) is 1. The molecule has 118 valence electrons. The molecular formula is C21H13N3O. The van der Waals surface area contributed by atoms with Crippen molar-refractivity contribution in [3.8, 4) is 12.1 Å². The van der Waals surface area contributed by atoms with E-state index in [1.807, 2.05) is 48.5 Å². The topological polar surface area (TPSA) is 76.7 Å². The Morgan fingerprint density at radius 1 is 0.920 bits per heavy atom. The van der Waals surface area contributed by atoms with Crippen molar-refractivity contribution in [2.45, 2.75) is 0 Å². The molecule has 3 aromatic rings. The van der Waals surface area contributed by atoms with E-state index in [1.54, 1.807) is 30.3 Å². The molecule has 0 spiro atoms. The molecule has 0 aliphatic heterocycles. The maximum absolute atomic E-state index is 12.5. The quantitative estimate of drug-likeness (QED) is 0.578. The molecular weight excluding hydrogens is 310 g/mol. The molecule has 0 heterocycles. The van der Waals surface area contributed by atoms with E-state index in [2.05, 4.69) is 5.32 Å². The minimum Gasteiger partial charge on any atom is -0.321 e. The lowest BCUT2D eigenvalue weighted by Crippen LogP contribution is -2.13. The van der Waals surface area contributed by atoms with Crippen molar-refractivity contribution in [3.05, 3.63) is 83.4 Å². The first-order valence-corrected chi connectivity index (χ1v) is 7.62. The van der Waals surface area contributed by atoms with Crippen LogP contribution in [0.4, 0.5) is 5.69 Å².